The lowest BCUT2D eigenvalue weighted by Crippen LogP contribution is -2.39. The van der Waals surface area contributed by atoms with Gasteiger partial charge in [-0.2, -0.15) is 5.10 Å². The van der Waals surface area contributed by atoms with E-state index in [-0.39, 0.29) is 11.9 Å². The quantitative estimate of drug-likeness (QED) is 0.521. The Hall–Kier alpha value is -2.58. The van der Waals surface area contributed by atoms with Gasteiger partial charge in [0.25, 0.3) is 11.9 Å². The molecule has 0 radical (unpaired) electrons. The van der Waals surface area contributed by atoms with Gasteiger partial charge in [0, 0.05) is 47.1 Å². The van der Waals surface area contributed by atoms with Gasteiger partial charge in [0.2, 0.25) is 0 Å². The summed E-state index contributed by atoms with van der Waals surface area (Å²) in [5.74, 6) is 0.811. The molecule has 0 unspecified atom stereocenters. The Balaban J connectivity index is 1.73. The second-order valence-corrected chi connectivity index (χ2v) is 9.74. The smallest absolute Gasteiger partial charge is 0.257 e. The summed E-state index contributed by atoms with van der Waals surface area (Å²) in [6, 6.07) is 4.15. The predicted molar refractivity (Wildman–Crippen MR) is 122 cm³/mol. The minimum absolute atomic E-state index is 0.0133. The van der Waals surface area contributed by atoms with E-state index in [2.05, 4.69) is 30.0 Å². The molecule has 7 nitrogen and oxygen atoms in total. The van der Waals surface area contributed by atoms with Gasteiger partial charge >= 0.3 is 0 Å². The molecule has 0 spiro atoms. The van der Waals surface area contributed by atoms with Gasteiger partial charge in [0.15, 0.2) is 0 Å². The number of aromatic nitrogens is 4. The zero-order valence-electron chi connectivity index (χ0n) is 18.8. The van der Waals surface area contributed by atoms with Gasteiger partial charge in [-0.25, -0.2) is 14.6 Å². The zero-order chi connectivity index (χ0) is 22.1. The number of amides is 1. The van der Waals surface area contributed by atoms with Crippen LogP contribution in [-0.4, -0.2) is 56.9 Å². The lowest BCUT2D eigenvalue weighted by molar-refractivity contribution is 0.0633. The summed E-state index contributed by atoms with van der Waals surface area (Å²) in [5.41, 5.74) is 3.56. The van der Waals surface area contributed by atoms with E-state index in [1.165, 1.54) is 9.75 Å². The molecule has 4 rings (SSSR count). The standard InChI is InChI=1S/C23H29N5O2S/c1-14(2)27(10-11-30-5)22(29)19-13-25-28(21(19)17-6-7-17)23-24-9-8-20(26-23)18-12-15(3)31-16(18)4/h8-9,12-14,17H,6-7,10-11H2,1-5H3. The molecule has 3 aromatic rings. The third-order valence-corrected chi connectivity index (χ3v) is 6.54. The van der Waals surface area contributed by atoms with Crippen LogP contribution in [0.4, 0.5) is 0 Å². The molecule has 0 saturated heterocycles. The van der Waals surface area contributed by atoms with Gasteiger partial charge in [-0.15, -0.1) is 11.3 Å². The van der Waals surface area contributed by atoms with Crippen molar-refractivity contribution in [3.8, 4) is 17.2 Å². The first kappa shape index (κ1) is 21.6. The number of nitrogens with zero attached hydrogens (tertiary/aromatic N) is 5. The number of rotatable bonds is 8. The highest BCUT2D eigenvalue weighted by Crippen LogP contribution is 2.42. The molecule has 164 valence electrons. The average Bonchev–Trinajstić information content (AvgIpc) is 3.39. The molecule has 0 aromatic carbocycles. The highest BCUT2D eigenvalue weighted by Gasteiger charge is 2.35. The van der Waals surface area contributed by atoms with Gasteiger partial charge in [-0.1, -0.05) is 0 Å². The molecule has 0 bridgehead atoms. The number of methoxy groups -OCH3 is 1. The van der Waals surface area contributed by atoms with Gasteiger partial charge in [-0.05, 0) is 52.7 Å². The van der Waals surface area contributed by atoms with Crippen LogP contribution in [0.5, 0.6) is 0 Å². The fourth-order valence-corrected chi connectivity index (χ4v) is 4.79. The van der Waals surface area contributed by atoms with Gasteiger partial charge in [0.1, 0.15) is 0 Å². The number of carbonyl (C=O) groups is 1. The average molecular weight is 440 g/mol. The van der Waals surface area contributed by atoms with Crippen LogP contribution in [-0.2, 0) is 4.74 Å². The van der Waals surface area contributed by atoms with Crippen molar-refractivity contribution in [3.05, 3.63) is 45.5 Å². The van der Waals surface area contributed by atoms with Crippen LogP contribution < -0.4 is 0 Å². The van der Waals surface area contributed by atoms with Crippen LogP contribution >= 0.6 is 11.3 Å². The van der Waals surface area contributed by atoms with E-state index in [0.717, 1.165) is 29.8 Å². The maximum atomic E-state index is 13.4. The van der Waals surface area contributed by atoms with Crippen LogP contribution in [0.1, 0.15) is 58.4 Å². The monoisotopic (exact) mass is 439 g/mol. The first-order valence-corrected chi connectivity index (χ1v) is 11.5. The molecule has 1 saturated carbocycles. The Kier molecular flexibility index (Phi) is 6.20. The van der Waals surface area contributed by atoms with Crippen LogP contribution in [0.25, 0.3) is 17.2 Å². The summed E-state index contributed by atoms with van der Waals surface area (Å²) in [7, 11) is 1.65. The first-order valence-electron chi connectivity index (χ1n) is 10.7. The Morgan fingerprint density at radius 2 is 2.13 bits per heavy atom. The fourth-order valence-electron chi connectivity index (χ4n) is 3.86. The second-order valence-electron chi connectivity index (χ2n) is 8.28. The number of thiophene rings is 1. The van der Waals surface area contributed by atoms with E-state index in [9.17, 15) is 4.79 Å². The Bertz CT molecular complexity index is 1080. The molecule has 1 aliphatic carbocycles. The normalized spacial score (nSPS) is 13.7. The van der Waals surface area contributed by atoms with Gasteiger partial charge < -0.3 is 9.64 Å². The number of hydrogen-bond donors (Lipinski definition) is 0. The van der Waals surface area contributed by atoms with Crippen molar-refractivity contribution in [2.45, 2.75) is 52.5 Å². The van der Waals surface area contributed by atoms with E-state index < -0.39 is 0 Å². The van der Waals surface area contributed by atoms with Crippen molar-refractivity contribution in [2.75, 3.05) is 20.3 Å². The summed E-state index contributed by atoms with van der Waals surface area (Å²) in [6.07, 6.45) is 5.54. The second kappa shape index (κ2) is 8.88. The lowest BCUT2D eigenvalue weighted by Gasteiger charge is -2.26. The van der Waals surface area contributed by atoms with Crippen molar-refractivity contribution in [1.29, 1.82) is 0 Å². The van der Waals surface area contributed by atoms with Crippen molar-refractivity contribution >= 4 is 17.2 Å². The van der Waals surface area contributed by atoms with Crippen molar-refractivity contribution < 1.29 is 9.53 Å². The molecule has 8 heteroatoms. The van der Waals surface area contributed by atoms with Crippen LogP contribution in [0.2, 0.25) is 0 Å². The molecule has 0 atom stereocenters. The molecule has 1 amide bonds. The molecule has 0 aliphatic heterocycles. The number of ether oxygens (including phenoxy) is 1. The Morgan fingerprint density at radius 3 is 2.74 bits per heavy atom. The van der Waals surface area contributed by atoms with E-state index in [1.807, 2.05) is 24.8 Å². The van der Waals surface area contributed by atoms with E-state index >= 15 is 0 Å². The summed E-state index contributed by atoms with van der Waals surface area (Å²) in [5, 5.41) is 4.57. The number of aryl methyl sites for hydroxylation is 2. The molecule has 31 heavy (non-hydrogen) atoms. The highest BCUT2D eigenvalue weighted by atomic mass is 32.1. The van der Waals surface area contributed by atoms with E-state index in [0.29, 0.717) is 30.6 Å². The van der Waals surface area contributed by atoms with Crippen LogP contribution in [0.15, 0.2) is 24.5 Å². The topological polar surface area (TPSA) is 73.1 Å². The molecule has 1 aliphatic rings. The number of hydrogen-bond acceptors (Lipinski definition) is 6. The molecule has 0 N–H and O–H groups in total. The van der Waals surface area contributed by atoms with Crippen molar-refractivity contribution in [2.24, 2.45) is 0 Å². The van der Waals surface area contributed by atoms with Crippen LogP contribution in [0.3, 0.4) is 0 Å². The summed E-state index contributed by atoms with van der Waals surface area (Å²) < 4.78 is 6.97. The summed E-state index contributed by atoms with van der Waals surface area (Å²) in [4.78, 5) is 27.0. The Labute approximate surface area is 187 Å². The maximum Gasteiger partial charge on any atom is 0.257 e. The van der Waals surface area contributed by atoms with Crippen molar-refractivity contribution in [3.63, 3.8) is 0 Å². The first-order chi connectivity index (χ1) is 14.9. The van der Waals surface area contributed by atoms with E-state index in [4.69, 9.17) is 9.72 Å². The maximum absolute atomic E-state index is 13.4. The van der Waals surface area contributed by atoms with Gasteiger partial charge in [0.05, 0.1) is 29.8 Å². The third-order valence-electron chi connectivity index (χ3n) is 5.57. The number of carbonyl (C=O) groups excluding carboxylic acids is 1. The summed E-state index contributed by atoms with van der Waals surface area (Å²) >= 11 is 1.76. The van der Waals surface area contributed by atoms with E-state index in [1.54, 1.807) is 35.5 Å². The minimum atomic E-state index is -0.0133. The third kappa shape index (κ3) is 4.41. The largest absolute Gasteiger partial charge is 0.383 e. The Morgan fingerprint density at radius 1 is 1.35 bits per heavy atom. The molecule has 3 aromatic heterocycles. The highest BCUT2D eigenvalue weighted by molar-refractivity contribution is 7.12. The van der Waals surface area contributed by atoms with Crippen molar-refractivity contribution in [1.82, 2.24) is 24.6 Å². The lowest BCUT2D eigenvalue weighted by atomic mass is 10.1. The predicted octanol–water partition coefficient (Wildman–Crippen LogP) is 4.38. The van der Waals surface area contributed by atoms with Crippen LogP contribution in [0, 0.1) is 13.8 Å². The zero-order valence-corrected chi connectivity index (χ0v) is 19.6. The molecular formula is C23H29N5O2S. The SMILES string of the molecule is COCCN(C(=O)c1cnn(-c2nccc(-c3cc(C)sc3C)n2)c1C1CC1)C(C)C. The molecule has 1 fully saturated rings. The molecular weight excluding hydrogens is 410 g/mol. The minimum Gasteiger partial charge on any atom is -0.383 e. The fraction of sp³-hybridized carbons (Fsp3) is 0.478. The molecule has 3 heterocycles. The summed E-state index contributed by atoms with van der Waals surface area (Å²) in [6.45, 7) is 9.30. The van der Waals surface area contributed by atoms with Gasteiger partial charge in [-0.3, -0.25) is 4.79 Å².